The molecule has 0 spiro atoms. The zero-order valence-electron chi connectivity index (χ0n) is 12.6. The van der Waals surface area contributed by atoms with E-state index in [2.05, 4.69) is 16.6 Å². The summed E-state index contributed by atoms with van der Waals surface area (Å²) in [6.45, 7) is 5.59. The summed E-state index contributed by atoms with van der Waals surface area (Å²) < 4.78 is 4.70. The van der Waals surface area contributed by atoms with Crippen molar-refractivity contribution in [2.45, 2.75) is 13.3 Å². The van der Waals surface area contributed by atoms with E-state index in [9.17, 15) is 9.90 Å². The molecule has 5 heteroatoms. The summed E-state index contributed by atoms with van der Waals surface area (Å²) in [4.78, 5) is 18.8. The molecule has 0 fully saturated rings. The molecule has 114 valence electrons. The Morgan fingerprint density at radius 2 is 2.27 bits per heavy atom. The molecule has 0 saturated carbocycles. The number of fused-ring (bicyclic) bond motifs is 1. The SMILES string of the molecule is C=CCC(=N/C=C/C)c1c(O)[nH]c2cc(C(=O)OC)ccc12. The van der Waals surface area contributed by atoms with Crippen LogP contribution in [0.5, 0.6) is 5.88 Å². The van der Waals surface area contributed by atoms with Crippen molar-refractivity contribution in [2.75, 3.05) is 7.11 Å². The smallest absolute Gasteiger partial charge is 0.337 e. The van der Waals surface area contributed by atoms with Crippen molar-refractivity contribution in [3.63, 3.8) is 0 Å². The highest BCUT2D eigenvalue weighted by atomic mass is 16.5. The largest absolute Gasteiger partial charge is 0.494 e. The van der Waals surface area contributed by atoms with Crippen LogP contribution in [-0.4, -0.2) is 28.9 Å². The fraction of sp³-hybridized carbons (Fsp3) is 0.176. The summed E-state index contributed by atoms with van der Waals surface area (Å²) in [5.74, 6) is -0.409. The molecule has 0 amide bonds. The first-order valence-electron chi connectivity index (χ1n) is 6.84. The summed E-state index contributed by atoms with van der Waals surface area (Å²) in [6, 6.07) is 5.07. The number of hydrogen-bond acceptors (Lipinski definition) is 4. The highest BCUT2D eigenvalue weighted by molar-refractivity contribution is 6.14. The lowest BCUT2D eigenvalue weighted by atomic mass is 10.0. The van der Waals surface area contributed by atoms with Crippen LogP contribution in [0.25, 0.3) is 10.9 Å². The van der Waals surface area contributed by atoms with E-state index >= 15 is 0 Å². The molecule has 1 heterocycles. The molecule has 0 unspecified atom stereocenters. The van der Waals surface area contributed by atoms with Gasteiger partial charge in [-0.3, -0.25) is 4.99 Å². The first-order valence-corrected chi connectivity index (χ1v) is 6.84. The molecule has 5 nitrogen and oxygen atoms in total. The van der Waals surface area contributed by atoms with Gasteiger partial charge < -0.3 is 14.8 Å². The third-order valence-corrected chi connectivity index (χ3v) is 3.21. The normalized spacial score (nSPS) is 12.0. The van der Waals surface area contributed by atoms with Crippen LogP contribution in [0.2, 0.25) is 0 Å². The Kier molecular flexibility index (Phi) is 4.78. The number of nitrogens with zero attached hydrogens (tertiary/aromatic N) is 1. The molecule has 2 rings (SSSR count). The van der Waals surface area contributed by atoms with E-state index < -0.39 is 5.97 Å². The monoisotopic (exact) mass is 298 g/mol. The van der Waals surface area contributed by atoms with Gasteiger partial charge in [-0.1, -0.05) is 18.2 Å². The van der Waals surface area contributed by atoms with Crippen molar-refractivity contribution in [3.05, 3.63) is 54.3 Å². The highest BCUT2D eigenvalue weighted by Crippen LogP contribution is 2.30. The minimum atomic E-state index is -0.425. The van der Waals surface area contributed by atoms with Crippen LogP contribution in [0.15, 0.2) is 48.1 Å². The van der Waals surface area contributed by atoms with Gasteiger partial charge in [-0.25, -0.2) is 4.79 Å². The topological polar surface area (TPSA) is 74.7 Å². The van der Waals surface area contributed by atoms with Crippen molar-refractivity contribution in [1.29, 1.82) is 0 Å². The number of hydrogen-bond donors (Lipinski definition) is 2. The van der Waals surface area contributed by atoms with Crippen molar-refractivity contribution in [1.82, 2.24) is 4.98 Å². The van der Waals surface area contributed by atoms with E-state index in [0.717, 1.165) is 5.39 Å². The second-order valence-corrected chi connectivity index (χ2v) is 4.65. The number of rotatable bonds is 5. The molecule has 0 atom stereocenters. The van der Waals surface area contributed by atoms with E-state index in [4.69, 9.17) is 4.74 Å². The van der Waals surface area contributed by atoms with Crippen LogP contribution < -0.4 is 0 Å². The number of nitrogens with one attached hydrogen (secondary N) is 1. The Bertz CT molecular complexity index is 770. The number of esters is 1. The highest BCUT2D eigenvalue weighted by Gasteiger charge is 2.17. The van der Waals surface area contributed by atoms with Crippen LogP contribution in [0.4, 0.5) is 0 Å². The predicted molar refractivity (Wildman–Crippen MR) is 87.5 cm³/mol. The Morgan fingerprint density at radius 3 is 2.91 bits per heavy atom. The van der Waals surface area contributed by atoms with Crippen LogP contribution in [0.1, 0.15) is 29.3 Å². The summed E-state index contributed by atoms with van der Waals surface area (Å²) in [6.07, 6.45) is 5.72. The molecule has 2 N–H and O–H groups in total. The van der Waals surface area contributed by atoms with Gasteiger partial charge in [0.05, 0.1) is 23.9 Å². The van der Waals surface area contributed by atoms with Crippen molar-refractivity contribution in [3.8, 4) is 5.88 Å². The third-order valence-electron chi connectivity index (χ3n) is 3.21. The van der Waals surface area contributed by atoms with Crippen LogP contribution >= 0.6 is 0 Å². The summed E-state index contributed by atoms with van der Waals surface area (Å²) in [7, 11) is 1.33. The number of carbonyl (C=O) groups is 1. The van der Waals surface area contributed by atoms with E-state index in [1.54, 1.807) is 30.5 Å². The van der Waals surface area contributed by atoms with Gasteiger partial charge in [-0.15, -0.1) is 6.58 Å². The Morgan fingerprint density at radius 1 is 1.50 bits per heavy atom. The zero-order chi connectivity index (χ0) is 16.1. The molecule has 1 aromatic carbocycles. The third kappa shape index (κ3) is 2.93. The minimum absolute atomic E-state index is 0.0159. The van der Waals surface area contributed by atoms with Crippen molar-refractivity contribution in [2.24, 2.45) is 4.99 Å². The Hall–Kier alpha value is -2.82. The summed E-state index contributed by atoms with van der Waals surface area (Å²) in [5.41, 5.74) is 2.37. The van der Waals surface area contributed by atoms with Gasteiger partial charge >= 0.3 is 5.97 Å². The Balaban J connectivity index is 2.61. The van der Waals surface area contributed by atoms with E-state index in [0.29, 0.717) is 28.8 Å². The van der Waals surface area contributed by atoms with Gasteiger partial charge in [-0.05, 0) is 19.1 Å². The maximum Gasteiger partial charge on any atom is 0.337 e. The molecule has 22 heavy (non-hydrogen) atoms. The molecule has 0 bridgehead atoms. The predicted octanol–water partition coefficient (Wildman–Crippen LogP) is 3.56. The molecule has 2 aromatic rings. The summed E-state index contributed by atoms with van der Waals surface area (Å²) >= 11 is 0. The fourth-order valence-electron chi connectivity index (χ4n) is 2.24. The summed E-state index contributed by atoms with van der Waals surface area (Å²) in [5, 5.41) is 11.0. The number of H-pyrrole nitrogens is 1. The standard InChI is InChI=1S/C17H18N2O3/c1-4-6-13(18-9-5-2)15-12-8-7-11(17(21)22-3)10-14(12)19-16(15)20/h4-5,7-10,19-20H,1,6H2,2-3H3/b9-5+,18-13?. The lowest BCUT2D eigenvalue weighted by molar-refractivity contribution is 0.0601. The van der Waals surface area contributed by atoms with E-state index in [1.165, 1.54) is 7.11 Å². The zero-order valence-corrected chi connectivity index (χ0v) is 12.6. The number of aliphatic imine (C=N–C) groups is 1. The fourth-order valence-corrected chi connectivity index (χ4v) is 2.24. The number of aromatic amines is 1. The van der Waals surface area contributed by atoms with Crippen LogP contribution in [-0.2, 0) is 4.74 Å². The van der Waals surface area contributed by atoms with Gasteiger partial charge in [-0.2, -0.15) is 0 Å². The first-order chi connectivity index (χ1) is 10.6. The van der Waals surface area contributed by atoms with Crippen LogP contribution in [0.3, 0.4) is 0 Å². The molecule has 0 aliphatic heterocycles. The maximum atomic E-state index is 11.6. The van der Waals surface area contributed by atoms with Crippen molar-refractivity contribution < 1.29 is 14.6 Å². The van der Waals surface area contributed by atoms with Gasteiger partial charge in [0.25, 0.3) is 0 Å². The average molecular weight is 298 g/mol. The first kappa shape index (κ1) is 15.6. The van der Waals surface area contributed by atoms with Gasteiger partial charge in [0.2, 0.25) is 0 Å². The van der Waals surface area contributed by atoms with Crippen molar-refractivity contribution >= 4 is 22.6 Å². The maximum absolute atomic E-state index is 11.6. The molecular weight excluding hydrogens is 280 g/mol. The molecule has 0 aliphatic carbocycles. The van der Waals surface area contributed by atoms with Crippen LogP contribution in [0, 0.1) is 0 Å². The number of allylic oxidation sites excluding steroid dienone is 2. The van der Waals surface area contributed by atoms with Gasteiger partial charge in [0.15, 0.2) is 5.88 Å². The van der Waals surface area contributed by atoms with E-state index in [1.807, 2.05) is 13.0 Å². The molecule has 0 saturated heterocycles. The molecule has 1 aromatic heterocycles. The molecule has 0 aliphatic rings. The molecule has 0 radical (unpaired) electrons. The number of aromatic hydroxyl groups is 1. The number of benzene rings is 1. The minimum Gasteiger partial charge on any atom is -0.494 e. The second-order valence-electron chi connectivity index (χ2n) is 4.65. The second kappa shape index (κ2) is 6.76. The number of aromatic nitrogens is 1. The number of ether oxygens (including phenoxy) is 1. The average Bonchev–Trinajstić information content (AvgIpc) is 2.85. The number of carbonyl (C=O) groups excluding carboxylic acids is 1. The van der Waals surface area contributed by atoms with Gasteiger partial charge in [0.1, 0.15) is 0 Å². The van der Waals surface area contributed by atoms with E-state index in [-0.39, 0.29) is 5.88 Å². The lowest BCUT2D eigenvalue weighted by Gasteiger charge is -2.03. The Labute approximate surface area is 128 Å². The quantitative estimate of drug-likeness (QED) is 0.503. The number of methoxy groups -OCH3 is 1. The molecular formula is C17H18N2O3. The lowest BCUT2D eigenvalue weighted by Crippen LogP contribution is -2.01. The van der Waals surface area contributed by atoms with Gasteiger partial charge in [0, 0.05) is 23.5 Å².